The standard InChI is InChI=1S/C19H21ClN2O3/c1-13(21-2)18-11-22(19(23)25-18)16-6-8-17(9-7-16)24-12-14-4-3-5-15(20)10-14/h3-10,13,18,21H,11-12H2,1-2H3. The first-order valence-corrected chi connectivity index (χ1v) is 8.57. The van der Waals surface area contributed by atoms with Gasteiger partial charge in [0, 0.05) is 16.8 Å². The van der Waals surface area contributed by atoms with Crippen LogP contribution in [0.15, 0.2) is 48.5 Å². The van der Waals surface area contributed by atoms with Crippen LogP contribution in [0, 0.1) is 0 Å². The number of carbonyl (C=O) groups excluding carboxylic acids is 1. The van der Waals surface area contributed by atoms with Gasteiger partial charge in [-0.15, -0.1) is 0 Å². The van der Waals surface area contributed by atoms with Gasteiger partial charge in [0.15, 0.2) is 0 Å². The van der Waals surface area contributed by atoms with Crippen LogP contribution >= 0.6 is 11.6 Å². The molecule has 1 N–H and O–H groups in total. The molecule has 0 aliphatic carbocycles. The molecule has 132 valence electrons. The number of rotatable bonds is 6. The minimum absolute atomic E-state index is 0.106. The number of anilines is 1. The number of nitrogens with zero attached hydrogens (tertiary/aromatic N) is 1. The second kappa shape index (κ2) is 7.76. The fraction of sp³-hybridized carbons (Fsp3) is 0.316. The summed E-state index contributed by atoms with van der Waals surface area (Å²) in [5, 5.41) is 3.80. The highest BCUT2D eigenvalue weighted by atomic mass is 35.5. The smallest absolute Gasteiger partial charge is 0.414 e. The maximum absolute atomic E-state index is 12.1. The summed E-state index contributed by atoms with van der Waals surface area (Å²) >= 11 is 5.97. The predicted octanol–water partition coefficient (Wildman–Crippen LogP) is 3.85. The minimum Gasteiger partial charge on any atom is -0.489 e. The number of cyclic esters (lactones) is 1. The van der Waals surface area contributed by atoms with Crippen molar-refractivity contribution in [3.8, 4) is 5.75 Å². The van der Waals surface area contributed by atoms with Crippen molar-refractivity contribution in [1.82, 2.24) is 5.32 Å². The van der Waals surface area contributed by atoms with Gasteiger partial charge in [0.1, 0.15) is 18.5 Å². The van der Waals surface area contributed by atoms with E-state index in [9.17, 15) is 4.79 Å². The third kappa shape index (κ3) is 4.24. The Hall–Kier alpha value is -2.24. The van der Waals surface area contributed by atoms with Crippen LogP contribution in [0.1, 0.15) is 12.5 Å². The van der Waals surface area contributed by atoms with Gasteiger partial charge in [-0.25, -0.2) is 4.79 Å². The summed E-state index contributed by atoms with van der Waals surface area (Å²) in [7, 11) is 1.85. The molecule has 2 aromatic carbocycles. The lowest BCUT2D eigenvalue weighted by Gasteiger charge is -2.17. The summed E-state index contributed by atoms with van der Waals surface area (Å²) in [4.78, 5) is 13.7. The highest BCUT2D eigenvalue weighted by Gasteiger charge is 2.35. The Morgan fingerprint density at radius 1 is 1.32 bits per heavy atom. The zero-order valence-electron chi connectivity index (χ0n) is 14.2. The Labute approximate surface area is 152 Å². The molecule has 5 nitrogen and oxygen atoms in total. The number of halogens is 1. The van der Waals surface area contributed by atoms with E-state index in [2.05, 4.69) is 5.32 Å². The van der Waals surface area contributed by atoms with E-state index in [0.717, 1.165) is 17.0 Å². The van der Waals surface area contributed by atoms with Crippen molar-refractivity contribution in [3.63, 3.8) is 0 Å². The van der Waals surface area contributed by atoms with E-state index in [0.29, 0.717) is 18.2 Å². The maximum atomic E-state index is 12.1. The number of benzene rings is 2. The van der Waals surface area contributed by atoms with E-state index in [-0.39, 0.29) is 18.2 Å². The molecule has 2 atom stereocenters. The second-order valence-electron chi connectivity index (χ2n) is 6.02. The van der Waals surface area contributed by atoms with Crippen molar-refractivity contribution in [2.75, 3.05) is 18.5 Å². The summed E-state index contributed by atoms with van der Waals surface area (Å²) in [6, 6.07) is 15.1. The predicted molar refractivity (Wildman–Crippen MR) is 98.4 cm³/mol. The van der Waals surface area contributed by atoms with Crippen LogP contribution in [0.4, 0.5) is 10.5 Å². The second-order valence-corrected chi connectivity index (χ2v) is 6.46. The monoisotopic (exact) mass is 360 g/mol. The zero-order valence-corrected chi connectivity index (χ0v) is 15.0. The lowest BCUT2D eigenvalue weighted by molar-refractivity contribution is 0.123. The highest BCUT2D eigenvalue weighted by molar-refractivity contribution is 6.30. The quantitative estimate of drug-likeness (QED) is 0.850. The van der Waals surface area contributed by atoms with E-state index in [1.165, 1.54) is 0 Å². The molecule has 1 amide bonds. The average molecular weight is 361 g/mol. The Kier molecular flexibility index (Phi) is 5.46. The first-order valence-electron chi connectivity index (χ1n) is 8.19. The third-order valence-electron chi connectivity index (χ3n) is 4.29. The molecule has 25 heavy (non-hydrogen) atoms. The van der Waals surface area contributed by atoms with Gasteiger partial charge in [-0.05, 0) is 55.9 Å². The molecule has 0 spiro atoms. The fourth-order valence-electron chi connectivity index (χ4n) is 2.66. The SMILES string of the molecule is CNC(C)C1CN(c2ccc(OCc3cccc(Cl)c3)cc2)C(=O)O1. The van der Waals surface area contributed by atoms with Gasteiger partial charge in [-0.1, -0.05) is 23.7 Å². The van der Waals surface area contributed by atoms with Crippen LogP contribution in [-0.2, 0) is 11.3 Å². The first-order chi connectivity index (χ1) is 12.1. The van der Waals surface area contributed by atoms with E-state index in [4.69, 9.17) is 21.1 Å². The molecule has 1 fully saturated rings. The molecule has 1 heterocycles. The van der Waals surface area contributed by atoms with Gasteiger partial charge >= 0.3 is 6.09 Å². The lowest BCUT2D eigenvalue weighted by atomic mass is 10.2. The van der Waals surface area contributed by atoms with Crippen molar-refractivity contribution in [2.45, 2.75) is 25.7 Å². The molecule has 1 aliphatic heterocycles. The number of carbonyl (C=O) groups is 1. The number of hydrogen-bond acceptors (Lipinski definition) is 4. The molecule has 0 saturated carbocycles. The Morgan fingerprint density at radius 3 is 2.76 bits per heavy atom. The van der Waals surface area contributed by atoms with Gasteiger partial charge in [-0.3, -0.25) is 4.90 Å². The van der Waals surface area contributed by atoms with Crippen LogP contribution in [0.5, 0.6) is 5.75 Å². The summed E-state index contributed by atoms with van der Waals surface area (Å²) < 4.78 is 11.2. The molecule has 3 rings (SSSR count). The highest BCUT2D eigenvalue weighted by Crippen LogP contribution is 2.25. The molecule has 1 aliphatic rings. The van der Waals surface area contributed by atoms with E-state index < -0.39 is 0 Å². The largest absolute Gasteiger partial charge is 0.489 e. The average Bonchev–Trinajstić information content (AvgIpc) is 3.01. The van der Waals surface area contributed by atoms with Crippen LogP contribution in [0.25, 0.3) is 0 Å². The first kappa shape index (κ1) is 17.6. The van der Waals surface area contributed by atoms with Crippen molar-refractivity contribution in [2.24, 2.45) is 0 Å². The molecule has 6 heteroatoms. The number of nitrogens with one attached hydrogen (secondary N) is 1. The van der Waals surface area contributed by atoms with Crippen molar-refractivity contribution >= 4 is 23.4 Å². The van der Waals surface area contributed by atoms with Crippen LogP contribution in [-0.4, -0.2) is 31.8 Å². The van der Waals surface area contributed by atoms with Crippen molar-refractivity contribution < 1.29 is 14.3 Å². The van der Waals surface area contributed by atoms with Crippen molar-refractivity contribution in [1.29, 1.82) is 0 Å². The molecular weight excluding hydrogens is 340 g/mol. The topological polar surface area (TPSA) is 50.8 Å². The minimum atomic E-state index is -0.320. The Morgan fingerprint density at radius 2 is 2.08 bits per heavy atom. The Balaban J connectivity index is 1.61. The van der Waals surface area contributed by atoms with E-state index in [1.807, 2.05) is 62.5 Å². The summed E-state index contributed by atoms with van der Waals surface area (Å²) in [6.07, 6.45) is -0.476. The molecule has 0 radical (unpaired) electrons. The summed E-state index contributed by atoms with van der Waals surface area (Å²) in [6.45, 7) is 2.96. The van der Waals surface area contributed by atoms with Gasteiger partial charge in [-0.2, -0.15) is 0 Å². The summed E-state index contributed by atoms with van der Waals surface area (Å²) in [5.74, 6) is 0.733. The third-order valence-corrected chi connectivity index (χ3v) is 4.53. The molecule has 0 aromatic heterocycles. The molecule has 1 saturated heterocycles. The molecular formula is C19H21ClN2O3. The maximum Gasteiger partial charge on any atom is 0.414 e. The van der Waals surface area contributed by atoms with Crippen LogP contribution < -0.4 is 15.0 Å². The summed E-state index contributed by atoms with van der Waals surface area (Å²) in [5.41, 5.74) is 1.80. The Bertz CT molecular complexity index is 736. The number of ether oxygens (including phenoxy) is 2. The van der Waals surface area contributed by atoms with E-state index in [1.54, 1.807) is 4.90 Å². The van der Waals surface area contributed by atoms with E-state index >= 15 is 0 Å². The number of likely N-dealkylation sites (N-methyl/N-ethyl adjacent to an activating group) is 1. The number of hydrogen-bond donors (Lipinski definition) is 1. The molecule has 0 bridgehead atoms. The van der Waals surface area contributed by atoms with Crippen LogP contribution in [0.2, 0.25) is 5.02 Å². The van der Waals surface area contributed by atoms with Gasteiger partial charge < -0.3 is 14.8 Å². The van der Waals surface area contributed by atoms with Gasteiger partial charge in [0.2, 0.25) is 0 Å². The number of amides is 1. The van der Waals surface area contributed by atoms with Gasteiger partial charge in [0.05, 0.1) is 6.54 Å². The zero-order chi connectivity index (χ0) is 17.8. The van der Waals surface area contributed by atoms with Crippen LogP contribution in [0.3, 0.4) is 0 Å². The van der Waals surface area contributed by atoms with Gasteiger partial charge in [0.25, 0.3) is 0 Å². The fourth-order valence-corrected chi connectivity index (χ4v) is 2.87. The normalized spacial score (nSPS) is 18.1. The lowest BCUT2D eigenvalue weighted by Crippen LogP contribution is -2.37. The van der Waals surface area contributed by atoms with Crippen molar-refractivity contribution in [3.05, 3.63) is 59.1 Å². The molecule has 2 unspecified atom stereocenters. The molecule has 2 aromatic rings.